The molecule has 0 bridgehead atoms. The zero-order valence-corrected chi connectivity index (χ0v) is 20.7. The number of carbonyl (C=O) groups excluding carboxylic acids is 1. The first kappa shape index (κ1) is 23.3. The van der Waals surface area contributed by atoms with Crippen LogP contribution in [0.1, 0.15) is 42.3 Å². The average Bonchev–Trinajstić information content (AvgIpc) is 3.30. The van der Waals surface area contributed by atoms with Crippen LogP contribution in [0.3, 0.4) is 0 Å². The minimum absolute atomic E-state index is 0.0992. The number of benzene rings is 2. The van der Waals surface area contributed by atoms with Crippen molar-refractivity contribution in [2.24, 2.45) is 0 Å². The van der Waals surface area contributed by atoms with Crippen molar-refractivity contribution in [3.63, 3.8) is 0 Å². The van der Waals surface area contributed by atoms with E-state index in [9.17, 15) is 4.79 Å². The van der Waals surface area contributed by atoms with Crippen LogP contribution >= 0.6 is 0 Å². The van der Waals surface area contributed by atoms with E-state index in [0.717, 1.165) is 16.9 Å². The minimum Gasteiger partial charge on any atom is -0.497 e. The Morgan fingerprint density at radius 3 is 2.44 bits per heavy atom. The van der Waals surface area contributed by atoms with Crippen LogP contribution in [-0.4, -0.2) is 46.7 Å². The molecule has 1 aliphatic heterocycles. The summed E-state index contributed by atoms with van der Waals surface area (Å²) >= 11 is 0. The Kier molecular flexibility index (Phi) is 6.05. The van der Waals surface area contributed by atoms with Crippen LogP contribution in [0.5, 0.6) is 23.1 Å². The molecule has 0 radical (unpaired) electrons. The summed E-state index contributed by atoms with van der Waals surface area (Å²) in [5.74, 6) is 2.89. The molecule has 2 aromatic carbocycles. The number of hydrogen-bond donors (Lipinski definition) is 0. The molecule has 1 aliphatic rings. The number of rotatable bonds is 7. The van der Waals surface area contributed by atoms with Crippen molar-refractivity contribution in [1.82, 2.24) is 19.6 Å². The standard InChI is InChI=1S/C27H26N4O5/c1-15(32)23-16(2)36-27-25(24(23)18-8-11-20(34-4)21(13-18)35-5)26-29-22(30-31(26)14-28-27)12-17-6-9-19(33-3)10-7-17/h6-11,13-14,24H,12H2,1-5H3. The first-order valence-electron chi connectivity index (χ1n) is 11.4. The number of nitrogens with zero attached hydrogens (tertiary/aromatic N) is 4. The van der Waals surface area contributed by atoms with Crippen LogP contribution in [0.25, 0.3) is 5.65 Å². The SMILES string of the molecule is COc1ccc(Cc2nc3c4c(ncn3n2)OC(C)=C(C(C)=O)C4c2ccc(OC)c(OC)c2)cc1. The second-order valence-corrected chi connectivity index (χ2v) is 8.46. The third-order valence-electron chi connectivity index (χ3n) is 6.28. The number of carbonyl (C=O) groups is 1. The largest absolute Gasteiger partial charge is 0.497 e. The maximum Gasteiger partial charge on any atom is 0.228 e. The van der Waals surface area contributed by atoms with E-state index in [1.807, 2.05) is 42.5 Å². The van der Waals surface area contributed by atoms with E-state index >= 15 is 0 Å². The molecule has 36 heavy (non-hydrogen) atoms. The Bertz CT molecular complexity index is 1490. The van der Waals surface area contributed by atoms with Crippen molar-refractivity contribution in [3.05, 3.63) is 82.6 Å². The van der Waals surface area contributed by atoms with E-state index in [-0.39, 0.29) is 5.78 Å². The maximum atomic E-state index is 12.8. The van der Waals surface area contributed by atoms with Crippen LogP contribution in [0, 0.1) is 0 Å². The van der Waals surface area contributed by atoms with Gasteiger partial charge in [-0.25, -0.2) is 14.5 Å². The van der Waals surface area contributed by atoms with Crippen LogP contribution in [0.4, 0.5) is 0 Å². The van der Waals surface area contributed by atoms with E-state index in [2.05, 4.69) is 10.1 Å². The molecule has 4 aromatic rings. The van der Waals surface area contributed by atoms with E-state index < -0.39 is 5.92 Å². The lowest BCUT2D eigenvalue weighted by molar-refractivity contribution is -0.114. The number of ketones is 1. The van der Waals surface area contributed by atoms with Crippen molar-refractivity contribution in [2.45, 2.75) is 26.2 Å². The molecule has 0 aliphatic carbocycles. The molecule has 0 saturated heterocycles. The molecule has 0 spiro atoms. The number of allylic oxidation sites excluding steroid dienone is 2. The zero-order chi connectivity index (χ0) is 25.4. The third-order valence-corrected chi connectivity index (χ3v) is 6.28. The van der Waals surface area contributed by atoms with Crippen LogP contribution in [0.2, 0.25) is 0 Å². The van der Waals surface area contributed by atoms with Crippen LogP contribution in [-0.2, 0) is 11.2 Å². The van der Waals surface area contributed by atoms with Gasteiger partial charge in [-0.2, -0.15) is 0 Å². The first-order chi connectivity index (χ1) is 17.4. The predicted molar refractivity (Wildman–Crippen MR) is 132 cm³/mol. The molecule has 2 aromatic heterocycles. The van der Waals surface area contributed by atoms with Gasteiger partial charge in [0, 0.05) is 12.0 Å². The van der Waals surface area contributed by atoms with Crippen molar-refractivity contribution in [3.8, 4) is 23.1 Å². The minimum atomic E-state index is -0.472. The molecule has 184 valence electrons. The fraction of sp³-hybridized carbons (Fsp3) is 0.259. The summed E-state index contributed by atoms with van der Waals surface area (Å²) in [4.78, 5) is 22.2. The van der Waals surface area contributed by atoms with Crippen molar-refractivity contribution < 1.29 is 23.7 Å². The van der Waals surface area contributed by atoms with E-state index in [4.69, 9.17) is 23.9 Å². The molecule has 1 atom stereocenters. The summed E-state index contributed by atoms with van der Waals surface area (Å²) in [5.41, 5.74) is 3.66. The average molecular weight is 487 g/mol. The smallest absolute Gasteiger partial charge is 0.228 e. The van der Waals surface area contributed by atoms with Gasteiger partial charge >= 0.3 is 0 Å². The van der Waals surface area contributed by atoms with Gasteiger partial charge in [-0.15, -0.1) is 5.10 Å². The normalized spacial score (nSPS) is 14.9. The molecular weight excluding hydrogens is 460 g/mol. The van der Waals surface area contributed by atoms with Gasteiger partial charge in [0.25, 0.3) is 0 Å². The fourth-order valence-electron chi connectivity index (χ4n) is 4.60. The molecule has 5 rings (SSSR count). The molecule has 9 nitrogen and oxygen atoms in total. The highest BCUT2D eigenvalue weighted by Gasteiger charge is 2.36. The molecule has 0 fully saturated rings. The Hall–Kier alpha value is -4.40. The molecule has 1 unspecified atom stereocenters. The third kappa shape index (κ3) is 4.02. The Balaban J connectivity index is 1.66. The van der Waals surface area contributed by atoms with Gasteiger partial charge in [0.15, 0.2) is 28.8 Å². The number of aromatic nitrogens is 4. The van der Waals surface area contributed by atoms with Gasteiger partial charge in [0.2, 0.25) is 5.88 Å². The summed E-state index contributed by atoms with van der Waals surface area (Å²) < 4.78 is 23.8. The summed E-state index contributed by atoms with van der Waals surface area (Å²) in [7, 11) is 4.80. The quantitative estimate of drug-likeness (QED) is 0.385. The van der Waals surface area contributed by atoms with Gasteiger partial charge in [-0.1, -0.05) is 18.2 Å². The second-order valence-electron chi connectivity index (χ2n) is 8.46. The lowest BCUT2D eigenvalue weighted by Crippen LogP contribution is -2.22. The number of ether oxygens (including phenoxy) is 4. The van der Waals surface area contributed by atoms with E-state index in [1.165, 1.54) is 6.92 Å². The monoisotopic (exact) mass is 486 g/mol. The van der Waals surface area contributed by atoms with Crippen LogP contribution < -0.4 is 18.9 Å². The number of fused-ring (bicyclic) bond motifs is 3. The molecule has 3 heterocycles. The molecule has 0 N–H and O–H groups in total. The van der Waals surface area contributed by atoms with Crippen molar-refractivity contribution in [2.75, 3.05) is 21.3 Å². The Labute approximate surface area is 208 Å². The summed E-state index contributed by atoms with van der Waals surface area (Å²) in [6.07, 6.45) is 2.10. The van der Waals surface area contributed by atoms with Gasteiger partial charge in [0.05, 0.1) is 32.8 Å². The molecule has 0 amide bonds. The summed E-state index contributed by atoms with van der Waals surface area (Å²) in [6, 6.07) is 13.4. The van der Waals surface area contributed by atoms with Crippen molar-refractivity contribution >= 4 is 11.4 Å². The zero-order valence-electron chi connectivity index (χ0n) is 20.7. The predicted octanol–water partition coefficient (Wildman–Crippen LogP) is 4.13. The van der Waals surface area contributed by atoms with Crippen LogP contribution in [0.15, 0.2) is 60.1 Å². The molecular formula is C27H26N4O5. The first-order valence-corrected chi connectivity index (χ1v) is 11.4. The lowest BCUT2D eigenvalue weighted by Gasteiger charge is -2.28. The Morgan fingerprint density at radius 2 is 1.78 bits per heavy atom. The molecule has 9 heteroatoms. The number of hydrogen-bond acceptors (Lipinski definition) is 8. The molecule has 0 saturated carbocycles. The fourth-order valence-corrected chi connectivity index (χ4v) is 4.60. The van der Waals surface area contributed by atoms with Gasteiger partial charge < -0.3 is 18.9 Å². The van der Waals surface area contributed by atoms with Crippen molar-refractivity contribution in [1.29, 1.82) is 0 Å². The maximum absolute atomic E-state index is 12.8. The number of methoxy groups -OCH3 is 3. The highest BCUT2D eigenvalue weighted by atomic mass is 16.5. The Morgan fingerprint density at radius 1 is 1.03 bits per heavy atom. The van der Waals surface area contributed by atoms with Gasteiger partial charge in [-0.05, 0) is 49.2 Å². The lowest BCUT2D eigenvalue weighted by atomic mass is 9.81. The topological polar surface area (TPSA) is 97.1 Å². The highest BCUT2D eigenvalue weighted by molar-refractivity contribution is 5.97. The van der Waals surface area contributed by atoms with E-state index in [1.54, 1.807) is 39.1 Å². The highest BCUT2D eigenvalue weighted by Crippen LogP contribution is 2.45. The second kappa shape index (κ2) is 9.33. The van der Waals surface area contributed by atoms with Gasteiger partial charge in [0.1, 0.15) is 17.8 Å². The van der Waals surface area contributed by atoms with E-state index in [0.29, 0.717) is 52.2 Å². The number of Topliss-reactive ketones (excluding diaryl/α,β-unsaturated/α-hetero) is 1. The van der Waals surface area contributed by atoms with Gasteiger partial charge in [-0.3, -0.25) is 4.79 Å². The summed E-state index contributed by atoms with van der Waals surface area (Å²) in [5, 5.41) is 4.65. The summed E-state index contributed by atoms with van der Waals surface area (Å²) in [6.45, 7) is 3.31.